The molecule has 0 fully saturated rings. The van der Waals surface area contributed by atoms with Crippen molar-refractivity contribution >= 4 is 0 Å². The van der Waals surface area contributed by atoms with Gasteiger partial charge in [0.25, 0.3) is 0 Å². The molecule has 1 N–H and O–H groups in total. The van der Waals surface area contributed by atoms with E-state index in [0.29, 0.717) is 0 Å². The van der Waals surface area contributed by atoms with Crippen LogP contribution in [0.1, 0.15) is 24.1 Å². The molecule has 1 heterocycles. The van der Waals surface area contributed by atoms with Gasteiger partial charge in [0.15, 0.2) is 0 Å². The fraction of sp³-hybridized carbons (Fsp3) is 0.385. The minimum Gasteiger partial charge on any atom is -0.313 e. The van der Waals surface area contributed by atoms with E-state index in [9.17, 15) is 0 Å². The van der Waals surface area contributed by atoms with Gasteiger partial charge in [-0.05, 0) is 38.1 Å². The van der Waals surface area contributed by atoms with Gasteiger partial charge in [0.05, 0.1) is 5.69 Å². The number of rotatable bonds is 4. The highest BCUT2D eigenvalue weighted by Crippen LogP contribution is 2.11. The van der Waals surface area contributed by atoms with Crippen molar-refractivity contribution in [2.45, 2.75) is 27.3 Å². The summed E-state index contributed by atoms with van der Waals surface area (Å²) in [5.41, 5.74) is 2.33. The first-order valence-electron chi connectivity index (χ1n) is 5.91. The maximum absolute atomic E-state index is 4.39. The quantitative estimate of drug-likeness (QED) is 0.873. The molecule has 2 rings (SSSR count). The van der Waals surface area contributed by atoms with Gasteiger partial charge in [-0.25, -0.2) is 9.67 Å². The van der Waals surface area contributed by atoms with Crippen LogP contribution >= 0.6 is 0 Å². The minimum atomic E-state index is 0.805. The lowest BCUT2D eigenvalue weighted by atomic mass is 10.2. The van der Waals surface area contributed by atoms with Gasteiger partial charge in [-0.3, -0.25) is 0 Å². The number of nitrogens with one attached hydrogen (secondary N) is 1. The van der Waals surface area contributed by atoms with Crippen molar-refractivity contribution in [1.29, 1.82) is 0 Å². The molecular formula is C13H18N4. The first kappa shape index (κ1) is 11.8. The number of hydrogen-bond acceptors (Lipinski definition) is 3. The zero-order valence-corrected chi connectivity index (χ0v) is 10.6. The zero-order valence-electron chi connectivity index (χ0n) is 10.6. The van der Waals surface area contributed by atoms with E-state index in [0.717, 1.165) is 30.4 Å². The lowest BCUT2D eigenvalue weighted by molar-refractivity contribution is 0.724. The van der Waals surface area contributed by atoms with E-state index in [-0.39, 0.29) is 0 Å². The van der Waals surface area contributed by atoms with Crippen LogP contribution in [0.15, 0.2) is 24.3 Å². The second-order valence-corrected chi connectivity index (χ2v) is 4.07. The monoisotopic (exact) mass is 230 g/mol. The molecule has 0 radical (unpaired) electrons. The first-order valence-corrected chi connectivity index (χ1v) is 5.91. The first-order chi connectivity index (χ1) is 8.20. The van der Waals surface area contributed by atoms with Crippen LogP contribution in [0.3, 0.4) is 0 Å². The lowest BCUT2D eigenvalue weighted by Gasteiger charge is -2.06. The van der Waals surface area contributed by atoms with Crippen molar-refractivity contribution in [3.05, 3.63) is 41.5 Å². The summed E-state index contributed by atoms with van der Waals surface area (Å²) in [6.07, 6.45) is 0. The zero-order chi connectivity index (χ0) is 12.3. The predicted molar refractivity (Wildman–Crippen MR) is 68.2 cm³/mol. The predicted octanol–water partition coefficient (Wildman–Crippen LogP) is 1.99. The molecule has 0 saturated carbocycles. The van der Waals surface area contributed by atoms with Gasteiger partial charge in [0.2, 0.25) is 0 Å². The third kappa shape index (κ3) is 2.71. The van der Waals surface area contributed by atoms with E-state index < -0.39 is 0 Å². The number of aryl methyl sites for hydroxylation is 2. The topological polar surface area (TPSA) is 42.7 Å². The molecule has 1 aromatic heterocycles. The summed E-state index contributed by atoms with van der Waals surface area (Å²) in [5.74, 6) is 1.72. The van der Waals surface area contributed by atoms with Crippen LogP contribution in [0.2, 0.25) is 0 Å². The van der Waals surface area contributed by atoms with Crippen molar-refractivity contribution in [3.63, 3.8) is 0 Å². The summed E-state index contributed by atoms with van der Waals surface area (Å²) in [6.45, 7) is 7.85. The summed E-state index contributed by atoms with van der Waals surface area (Å²) in [5, 5.41) is 7.70. The number of benzene rings is 1. The molecule has 0 amide bonds. The molecule has 0 saturated heterocycles. The normalized spacial score (nSPS) is 10.8. The molecule has 0 atom stereocenters. The Morgan fingerprint density at radius 2 is 2.12 bits per heavy atom. The van der Waals surface area contributed by atoms with E-state index in [1.165, 1.54) is 5.56 Å². The molecule has 2 aromatic rings. The number of nitrogens with zero attached hydrogens (tertiary/aromatic N) is 3. The Kier molecular flexibility index (Phi) is 3.54. The largest absolute Gasteiger partial charge is 0.313 e. The fourth-order valence-corrected chi connectivity index (χ4v) is 1.83. The molecule has 17 heavy (non-hydrogen) atoms. The van der Waals surface area contributed by atoms with E-state index in [2.05, 4.69) is 46.6 Å². The SMILES string of the molecule is CCNCc1cccc(-n2nc(C)nc2C)c1. The molecule has 1 aromatic carbocycles. The van der Waals surface area contributed by atoms with Crippen LogP contribution in [0.4, 0.5) is 0 Å². The molecule has 0 unspecified atom stereocenters. The van der Waals surface area contributed by atoms with Crippen LogP contribution in [0.25, 0.3) is 5.69 Å². The lowest BCUT2D eigenvalue weighted by Crippen LogP contribution is -2.12. The number of aromatic nitrogens is 3. The van der Waals surface area contributed by atoms with Gasteiger partial charge in [-0.1, -0.05) is 19.1 Å². The Morgan fingerprint density at radius 1 is 1.29 bits per heavy atom. The van der Waals surface area contributed by atoms with E-state index in [4.69, 9.17) is 0 Å². The van der Waals surface area contributed by atoms with Crippen molar-refractivity contribution in [2.24, 2.45) is 0 Å². The maximum Gasteiger partial charge on any atom is 0.148 e. The average molecular weight is 230 g/mol. The van der Waals surface area contributed by atoms with Crippen molar-refractivity contribution in [1.82, 2.24) is 20.1 Å². The third-order valence-corrected chi connectivity index (χ3v) is 2.61. The summed E-state index contributed by atoms with van der Waals surface area (Å²) < 4.78 is 1.88. The second kappa shape index (κ2) is 5.10. The highest BCUT2D eigenvalue weighted by Gasteiger charge is 2.05. The van der Waals surface area contributed by atoms with Gasteiger partial charge in [-0.15, -0.1) is 0 Å². The van der Waals surface area contributed by atoms with Crippen LogP contribution in [0.5, 0.6) is 0 Å². The fourth-order valence-electron chi connectivity index (χ4n) is 1.83. The van der Waals surface area contributed by atoms with Gasteiger partial charge in [-0.2, -0.15) is 5.10 Å². The van der Waals surface area contributed by atoms with Crippen LogP contribution in [-0.4, -0.2) is 21.3 Å². The molecular weight excluding hydrogens is 212 g/mol. The van der Waals surface area contributed by atoms with E-state index >= 15 is 0 Å². The highest BCUT2D eigenvalue weighted by atomic mass is 15.3. The number of hydrogen-bond donors (Lipinski definition) is 1. The summed E-state index contributed by atoms with van der Waals surface area (Å²) in [7, 11) is 0. The Bertz CT molecular complexity index is 502. The van der Waals surface area contributed by atoms with Crippen molar-refractivity contribution in [3.8, 4) is 5.69 Å². The molecule has 0 bridgehead atoms. The van der Waals surface area contributed by atoms with Gasteiger partial charge in [0, 0.05) is 6.54 Å². The van der Waals surface area contributed by atoms with E-state index in [1.54, 1.807) is 0 Å². The van der Waals surface area contributed by atoms with Crippen molar-refractivity contribution < 1.29 is 0 Å². The molecule has 90 valence electrons. The molecule has 0 spiro atoms. The van der Waals surface area contributed by atoms with Gasteiger partial charge in [0.1, 0.15) is 11.6 Å². The minimum absolute atomic E-state index is 0.805. The van der Waals surface area contributed by atoms with Gasteiger partial charge >= 0.3 is 0 Å². The molecule has 0 aliphatic rings. The Morgan fingerprint density at radius 3 is 2.76 bits per heavy atom. The Hall–Kier alpha value is -1.68. The molecule has 0 aliphatic heterocycles. The highest BCUT2D eigenvalue weighted by molar-refractivity contribution is 5.35. The molecule has 0 aliphatic carbocycles. The summed E-state index contributed by atoms with van der Waals surface area (Å²) in [6, 6.07) is 8.37. The Balaban J connectivity index is 2.29. The Labute approximate surface area is 102 Å². The average Bonchev–Trinajstić information content (AvgIpc) is 2.66. The van der Waals surface area contributed by atoms with Crippen LogP contribution in [0, 0.1) is 13.8 Å². The smallest absolute Gasteiger partial charge is 0.148 e. The van der Waals surface area contributed by atoms with E-state index in [1.807, 2.05) is 18.5 Å². The molecule has 4 heteroatoms. The summed E-state index contributed by atoms with van der Waals surface area (Å²) >= 11 is 0. The van der Waals surface area contributed by atoms with Crippen LogP contribution < -0.4 is 5.32 Å². The second-order valence-electron chi connectivity index (χ2n) is 4.07. The standard InChI is InChI=1S/C13H18N4/c1-4-14-9-12-6-5-7-13(8-12)17-11(3)15-10(2)16-17/h5-8,14H,4,9H2,1-3H3. The van der Waals surface area contributed by atoms with Crippen molar-refractivity contribution in [2.75, 3.05) is 6.54 Å². The van der Waals surface area contributed by atoms with Gasteiger partial charge < -0.3 is 5.32 Å². The third-order valence-electron chi connectivity index (χ3n) is 2.61. The summed E-state index contributed by atoms with van der Waals surface area (Å²) in [4.78, 5) is 4.32. The maximum atomic E-state index is 4.39. The molecule has 4 nitrogen and oxygen atoms in total. The van der Waals surface area contributed by atoms with Crippen LogP contribution in [-0.2, 0) is 6.54 Å².